The SMILES string of the molecule is Cc1cc(F)ccc1[C@@]1(C(=O)CN)CNCCN1C(=O)O. The zero-order chi connectivity index (χ0) is 15.6. The van der Waals surface area contributed by atoms with Crippen LogP contribution in [0.3, 0.4) is 0 Å². The van der Waals surface area contributed by atoms with E-state index in [1.807, 2.05) is 0 Å². The first kappa shape index (κ1) is 15.4. The number of nitrogens with two attached hydrogens (primary N) is 1. The molecule has 0 radical (unpaired) electrons. The van der Waals surface area contributed by atoms with E-state index in [0.29, 0.717) is 17.7 Å². The molecule has 0 spiro atoms. The molecule has 1 aromatic carbocycles. The predicted molar refractivity (Wildman–Crippen MR) is 74.5 cm³/mol. The van der Waals surface area contributed by atoms with Crippen LogP contribution < -0.4 is 11.1 Å². The van der Waals surface area contributed by atoms with Gasteiger partial charge >= 0.3 is 6.09 Å². The van der Waals surface area contributed by atoms with Crippen molar-refractivity contribution in [2.45, 2.75) is 12.5 Å². The number of Topliss-reactive ketones (excluding diaryl/α,β-unsaturated/α-hetero) is 1. The Bertz CT molecular complexity index is 579. The summed E-state index contributed by atoms with van der Waals surface area (Å²) in [5.41, 5.74) is 5.08. The van der Waals surface area contributed by atoms with Gasteiger partial charge in [0.25, 0.3) is 0 Å². The van der Waals surface area contributed by atoms with Crippen LogP contribution in [0, 0.1) is 12.7 Å². The van der Waals surface area contributed by atoms with E-state index in [9.17, 15) is 19.1 Å². The molecular formula is C14H18FN3O3. The second-order valence-corrected chi connectivity index (χ2v) is 5.06. The van der Waals surface area contributed by atoms with Crippen LogP contribution in [0.15, 0.2) is 18.2 Å². The Kier molecular flexibility index (Phi) is 4.24. The third kappa shape index (κ3) is 2.50. The summed E-state index contributed by atoms with van der Waals surface area (Å²) in [6.45, 7) is 2.10. The second kappa shape index (κ2) is 5.79. The van der Waals surface area contributed by atoms with E-state index in [1.165, 1.54) is 18.2 Å². The van der Waals surface area contributed by atoms with Gasteiger partial charge in [-0.25, -0.2) is 9.18 Å². The Hall–Kier alpha value is -1.99. The van der Waals surface area contributed by atoms with Gasteiger partial charge in [0.2, 0.25) is 0 Å². The highest BCUT2D eigenvalue weighted by molar-refractivity contribution is 5.94. The summed E-state index contributed by atoms with van der Waals surface area (Å²) in [4.78, 5) is 25.1. The minimum absolute atomic E-state index is 0.127. The third-order valence-electron chi connectivity index (χ3n) is 3.87. The Morgan fingerprint density at radius 3 is 2.81 bits per heavy atom. The fourth-order valence-electron chi connectivity index (χ4n) is 2.91. The van der Waals surface area contributed by atoms with Crippen molar-refractivity contribution >= 4 is 11.9 Å². The number of hydrogen-bond acceptors (Lipinski definition) is 4. The van der Waals surface area contributed by atoms with Crippen molar-refractivity contribution in [2.24, 2.45) is 5.73 Å². The van der Waals surface area contributed by atoms with Crippen molar-refractivity contribution in [3.63, 3.8) is 0 Å². The number of hydrogen-bond donors (Lipinski definition) is 3. The van der Waals surface area contributed by atoms with E-state index in [1.54, 1.807) is 6.92 Å². The second-order valence-electron chi connectivity index (χ2n) is 5.06. The number of amides is 1. The predicted octanol–water partition coefficient (Wildman–Crippen LogP) is 0.440. The van der Waals surface area contributed by atoms with Crippen molar-refractivity contribution in [1.29, 1.82) is 0 Å². The van der Waals surface area contributed by atoms with Crippen molar-refractivity contribution in [3.05, 3.63) is 35.1 Å². The fourth-order valence-corrected chi connectivity index (χ4v) is 2.91. The summed E-state index contributed by atoms with van der Waals surface area (Å²) >= 11 is 0. The van der Waals surface area contributed by atoms with Gasteiger partial charge in [0.05, 0.1) is 6.54 Å². The highest BCUT2D eigenvalue weighted by Crippen LogP contribution is 2.33. The molecule has 1 fully saturated rings. The third-order valence-corrected chi connectivity index (χ3v) is 3.87. The molecule has 0 aromatic heterocycles. The molecule has 1 aliphatic heterocycles. The van der Waals surface area contributed by atoms with E-state index < -0.39 is 23.2 Å². The number of piperazine rings is 1. The maximum atomic E-state index is 13.3. The van der Waals surface area contributed by atoms with Crippen LogP contribution in [0.1, 0.15) is 11.1 Å². The van der Waals surface area contributed by atoms with Crippen LogP contribution >= 0.6 is 0 Å². The number of halogens is 1. The molecule has 1 saturated heterocycles. The van der Waals surface area contributed by atoms with Gasteiger partial charge in [0.1, 0.15) is 11.4 Å². The van der Waals surface area contributed by atoms with Gasteiger partial charge in [-0.2, -0.15) is 0 Å². The summed E-state index contributed by atoms with van der Waals surface area (Å²) in [6.07, 6.45) is -1.19. The van der Waals surface area contributed by atoms with Crippen LogP contribution in [0.25, 0.3) is 0 Å². The lowest BCUT2D eigenvalue weighted by Gasteiger charge is -2.45. The Balaban J connectivity index is 2.65. The summed E-state index contributed by atoms with van der Waals surface area (Å²) < 4.78 is 13.3. The van der Waals surface area contributed by atoms with Crippen molar-refractivity contribution in [2.75, 3.05) is 26.2 Å². The van der Waals surface area contributed by atoms with Crippen LogP contribution in [0.5, 0.6) is 0 Å². The van der Waals surface area contributed by atoms with E-state index in [0.717, 1.165) is 4.90 Å². The molecule has 1 heterocycles. The van der Waals surface area contributed by atoms with Gasteiger partial charge in [-0.3, -0.25) is 9.69 Å². The van der Waals surface area contributed by atoms with Crippen molar-refractivity contribution in [3.8, 4) is 0 Å². The minimum atomic E-state index is -1.41. The largest absolute Gasteiger partial charge is 0.465 e. The monoisotopic (exact) mass is 295 g/mol. The Morgan fingerprint density at radius 2 is 2.24 bits per heavy atom. The zero-order valence-electron chi connectivity index (χ0n) is 11.7. The molecule has 7 heteroatoms. The molecule has 114 valence electrons. The molecule has 21 heavy (non-hydrogen) atoms. The lowest BCUT2D eigenvalue weighted by Crippen LogP contribution is -2.65. The highest BCUT2D eigenvalue weighted by atomic mass is 19.1. The maximum absolute atomic E-state index is 13.3. The topological polar surface area (TPSA) is 95.7 Å². The van der Waals surface area contributed by atoms with E-state index in [4.69, 9.17) is 5.73 Å². The Labute approximate surface area is 121 Å². The highest BCUT2D eigenvalue weighted by Gasteiger charge is 2.49. The molecule has 6 nitrogen and oxygen atoms in total. The normalized spacial score (nSPS) is 22.1. The first-order valence-corrected chi connectivity index (χ1v) is 6.64. The first-order valence-electron chi connectivity index (χ1n) is 6.64. The van der Waals surface area contributed by atoms with Crippen LogP contribution in [-0.4, -0.2) is 48.1 Å². The quantitative estimate of drug-likeness (QED) is 0.752. The summed E-state index contributed by atoms with van der Waals surface area (Å²) in [7, 11) is 0. The lowest BCUT2D eigenvalue weighted by molar-refractivity contribution is -0.130. The molecule has 0 unspecified atom stereocenters. The molecule has 0 saturated carbocycles. The average molecular weight is 295 g/mol. The maximum Gasteiger partial charge on any atom is 0.408 e. The van der Waals surface area contributed by atoms with Gasteiger partial charge < -0.3 is 16.2 Å². The number of nitrogens with zero attached hydrogens (tertiary/aromatic N) is 1. The van der Waals surface area contributed by atoms with Gasteiger partial charge in [0.15, 0.2) is 5.78 Å². The zero-order valence-corrected chi connectivity index (χ0v) is 11.7. The first-order chi connectivity index (χ1) is 9.93. The summed E-state index contributed by atoms with van der Waals surface area (Å²) in [6, 6.07) is 3.97. The van der Waals surface area contributed by atoms with Crippen molar-refractivity contribution in [1.82, 2.24) is 10.2 Å². The van der Waals surface area contributed by atoms with Crippen molar-refractivity contribution < 1.29 is 19.1 Å². The molecule has 1 atom stereocenters. The fraction of sp³-hybridized carbons (Fsp3) is 0.429. The number of carbonyl (C=O) groups excluding carboxylic acids is 1. The molecule has 1 amide bonds. The number of aryl methyl sites for hydroxylation is 1. The van der Waals surface area contributed by atoms with Crippen LogP contribution in [-0.2, 0) is 10.3 Å². The smallest absolute Gasteiger partial charge is 0.408 e. The number of ketones is 1. The molecule has 0 aliphatic carbocycles. The van der Waals surface area contributed by atoms with Crippen LogP contribution in [0.4, 0.5) is 9.18 Å². The van der Waals surface area contributed by atoms with Crippen LogP contribution in [0.2, 0.25) is 0 Å². The van der Waals surface area contributed by atoms with E-state index >= 15 is 0 Å². The number of carbonyl (C=O) groups is 2. The Morgan fingerprint density at radius 1 is 1.52 bits per heavy atom. The average Bonchev–Trinajstić information content (AvgIpc) is 2.46. The van der Waals surface area contributed by atoms with Gasteiger partial charge in [-0.15, -0.1) is 0 Å². The number of nitrogens with one attached hydrogen (secondary N) is 1. The molecule has 0 bridgehead atoms. The van der Waals surface area contributed by atoms with Gasteiger partial charge in [-0.05, 0) is 30.2 Å². The molecule has 1 aromatic rings. The summed E-state index contributed by atoms with van der Waals surface area (Å²) in [5, 5.41) is 12.5. The summed E-state index contributed by atoms with van der Waals surface area (Å²) in [5.74, 6) is -0.843. The van der Waals surface area contributed by atoms with Gasteiger partial charge in [0, 0.05) is 19.6 Å². The standard InChI is InChI=1S/C14H18FN3O3/c1-9-6-10(15)2-3-11(9)14(12(19)7-16)8-17-4-5-18(14)13(20)21/h2-3,6,17H,4-5,7-8,16H2,1H3,(H,20,21)/t14-/m1/s1. The number of rotatable bonds is 3. The number of benzene rings is 1. The lowest BCUT2D eigenvalue weighted by atomic mass is 9.80. The number of carboxylic acid groups (broad SMARTS) is 1. The minimum Gasteiger partial charge on any atom is -0.465 e. The van der Waals surface area contributed by atoms with E-state index in [2.05, 4.69) is 5.32 Å². The molecule has 4 N–H and O–H groups in total. The molecule has 2 rings (SSSR count). The molecule has 1 aliphatic rings. The molecular weight excluding hydrogens is 277 g/mol. The van der Waals surface area contributed by atoms with E-state index in [-0.39, 0.29) is 19.6 Å². The van der Waals surface area contributed by atoms with Gasteiger partial charge in [-0.1, -0.05) is 6.07 Å².